The molecule has 1 aromatic heterocycles. The average molecular weight is 407 g/mol. The molecule has 2 aromatic carbocycles. The van der Waals surface area contributed by atoms with Gasteiger partial charge in [-0.25, -0.2) is 17.5 Å². The number of hydrogen-bond acceptors (Lipinski definition) is 5. The van der Waals surface area contributed by atoms with E-state index in [4.69, 9.17) is 16.0 Å². The lowest BCUT2D eigenvalue weighted by Gasteiger charge is -2.14. The molecule has 0 saturated heterocycles. The smallest absolute Gasteiger partial charge is 0.349 e. The Bertz CT molecular complexity index is 1200. The molecule has 1 amide bonds. The van der Waals surface area contributed by atoms with E-state index in [1.807, 2.05) is 0 Å². The zero-order chi connectivity index (χ0) is 19.8. The first kappa shape index (κ1) is 19.1. The minimum Gasteiger partial charge on any atom is -0.422 e. The number of halogens is 1. The Morgan fingerprint density at radius 2 is 1.81 bits per heavy atom. The van der Waals surface area contributed by atoms with E-state index in [0.717, 1.165) is 4.31 Å². The van der Waals surface area contributed by atoms with Crippen molar-refractivity contribution in [1.29, 1.82) is 0 Å². The first-order valence-electron chi connectivity index (χ1n) is 7.76. The summed E-state index contributed by atoms with van der Waals surface area (Å²) in [6.07, 6.45) is 0. The van der Waals surface area contributed by atoms with Crippen molar-refractivity contribution in [3.05, 3.63) is 69.5 Å². The van der Waals surface area contributed by atoms with Gasteiger partial charge in [0.1, 0.15) is 16.0 Å². The summed E-state index contributed by atoms with van der Waals surface area (Å²) in [6.45, 7) is 0. The fourth-order valence-corrected chi connectivity index (χ4v) is 3.79. The van der Waals surface area contributed by atoms with Crippen molar-refractivity contribution in [3.63, 3.8) is 0 Å². The van der Waals surface area contributed by atoms with E-state index < -0.39 is 21.6 Å². The molecule has 7 nitrogen and oxygen atoms in total. The highest BCUT2D eigenvalue weighted by Crippen LogP contribution is 2.27. The lowest BCUT2D eigenvalue weighted by molar-refractivity contribution is 0.102. The Hall–Kier alpha value is -2.68. The third-order valence-corrected chi connectivity index (χ3v) is 6.13. The van der Waals surface area contributed by atoms with Gasteiger partial charge < -0.3 is 9.73 Å². The molecule has 3 rings (SSSR count). The number of sulfonamides is 1. The number of para-hydroxylation sites is 1. The van der Waals surface area contributed by atoms with E-state index in [-0.39, 0.29) is 21.2 Å². The molecule has 1 heterocycles. The molecule has 9 heteroatoms. The number of benzene rings is 2. The molecular weight excluding hydrogens is 392 g/mol. The highest BCUT2D eigenvalue weighted by molar-refractivity contribution is 7.89. The van der Waals surface area contributed by atoms with Gasteiger partial charge in [0.2, 0.25) is 10.0 Å². The van der Waals surface area contributed by atoms with Crippen LogP contribution in [0, 0.1) is 0 Å². The highest BCUT2D eigenvalue weighted by Gasteiger charge is 2.22. The summed E-state index contributed by atoms with van der Waals surface area (Å²) in [6, 6.07) is 12.2. The number of nitrogens with one attached hydrogen (secondary N) is 1. The van der Waals surface area contributed by atoms with Crippen molar-refractivity contribution in [2.45, 2.75) is 4.90 Å². The minimum absolute atomic E-state index is 0.0203. The Kier molecular flexibility index (Phi) is 5.05. The Morgan fingerprint density at radius 1 is 1.11 bits per heavy atom. The molecule has 3 aromatic rings. The van der Waals surface area contributed by atoms with Crippen LogP contribution in [0.3, 0.4) is 0 Å². The second kappa shape index (κ2) is 7.15. The van der Waals surface area contributed by atoms with E-state index in [9.17, 15) is 18.0 Å². The van der Waals surface area contributed by atoms with E-state index >= 15 is 0 Å². The first-order valence-corrected chi connectivity index (χ1v) is 9.58. The maximum absolute atomic E-state index is 12.5. The molecule has 0 fully saturated rings. The van der Waals surface area contributed by atoms with Crippen molar-refractivity contribution in [3.8, 4) is 0 Å². The van der Waals surface area contributed by atoms with Crippen LogP contribution in [-0.2, 0) is 10.0 Å². The molecular formula is C18H15ClN2O5S. The van der Waals surface area contributed by atoms with E-state index in [1.54, 1.807) is 24.3 Å². The van der Waals surface area contributed by atoms with Crippen LogP contribution in [-0.4, -0.2) is 32.7 Å². The highest BCUT2D eigenvalue weighted by atomic mass is 35.5. The van der Waals surface area contributed by atoms with Crippen LogP contribution >= 0.6 is 11.6 Å². The number of amides is 1. The van der Waals surface area contributed by atoms with Gasteiger partial charge in [0.15, 0.2) is 0 Å². The van der Waals surface area contributed by atoms with Crippen LogP contribution in [0.25, 0.3) is 11.0 Å². The van der Waals surface area contributed by atoms with E-state index in [2.05, 4.69) is 5.32 Å². The number of rotatable bonds is 4. The molecule has 0 spiro atoms. The Morgan fingerprint density at radius 3 is 2.52 bits per heavy atom. The third kappa shape index (κ3) is 3.73. The molecule has 0 aliphatic rings. The maximum Gasteiger partial charge on any atom is 0.349 e. The van der Waals surface area contributed by atoms with Gasteiger partial charge in [0.05, 0.1) is 5.02 Å². The second-order valence-electron chi connectivity index (χ2n) is 5.87. The summed E-state index contributed by atoms with van der Waals surface area (Å²) < 4.78 is 30.8. The summed E-state index contributed by atoms with van der Waals surface area (Å²) in [5.74, 6) is -0.718. The quantitative estimate of drug-likeness (QED) is 0.672. The lowest BCUT2D eigenvalue weighted by atomic mass is 10.1. The van der Waals surface area contributed by atoms with Crippen molar-refractivity contribution in [1.82, 2.24) is 4.31 Å². The Labute approximate surface area is 160 Å². The summed E-state index contributed by atoms with van der Waals surface area (Å²) in [7, 11) is -1.05. The summed E-state index contributed by atoms with van der Waals surface area (Å²) in [5, 5.41) is 3.11. The minimum atomic E-state index is -3.80. The Balaban J connectivity index is 1.98. The van der Waals surface area contributed by atoms with Gasteiger partial charge in [-0.3, -0.25) is 4.79 Å². The van der Waals surface area contributed by atoms with Gasteiger partial charge in [0, 0.05) is 25.2 Å². The van der Waals surface area contributed by atoms with Gasteiger partial charge in [0.25, 0.3) is 5.91 Å². The molecule has 140 valence electrons. The van der Waals surface area contributed by atoms with Crippen molar-refractivity contribution >= 4 is 44.2 Å². The number of hydrogen-bond donors (Lipinski definition) is 1. The number of anilines is 1. The number of nitrogens with zero attached hydrogens (tertiary/aromatic N) is 1. The predicted octanol–water partition coefficient (Wildman–Crippen LogP) is 2.95. The van der Waals surface area contributed by atoms with Gasteiger partial charge in [-0.2, -0.15) is 0 Å². The fourth-order valence-electron chi connectivity index (χ4n) is 2.39. The maximum atomic E-state index is 12.5. The van der Waals surface area contributed by atoms with E-state index in [0.29, 0.717) is 11.0 Å². The number of carbonyl (C=O) groups is 1. The zero-order valence-corrected chi connectivity index (χ0v) is 16.0. The van der Waals surface area contributed by atoms with Crippen molar-refractivity contribution in [2.24, 2.45) is 0 Å². The number of carbonyl (C=O) groups excluding carboxylic acids is 1. The van der Waals surface area contributed by atoms with Crippen LogP contribution < -0.4 is 10.9 Å². The van der Waals surface area contributed by atoms with Crippen molar-refractivity contribution in [2.75, 3.05) is 19.4 Å². The molecule has 0 saturated carbocycles. The zero-order valence-electron chi connectivity index (χ0n) is 14.4. The molecule has 0 atom stereocenters. The molecule has 27 heavy (non-hydrogen) atoms. The molecule has 0 aliphatic carbocycles. The normalized spacial score (nSPS) is 11.7. The third-order valence-electron chi connectivity index (χ3n) is 3.83. The predicted molar refractivity (Wildman–Crippen MR) is 103 cm³/mol. The number of fused-ring (bicyclic) bond motifs is 1. The monoisotopic (exact) mass is 406 g/mol. The van der Waals surface area contributed by atoms with Crippen LogP contribution in [0.4, 0.5) is 5.69 Å². The fraction of sp³-hybridized carbons (Fsp3) is 0.111. The standard InChI is InChI=1S/C18H15ClN2O5S/c1-21(2)27(24,25)16-10-12(7-8-14(16)19)20-17(22)13-9-11-5-3-4-6-15(11)26-18(13)23/h3-10H,1-2H3,(H,20,22). The van der Waals surface area contributed by atoms with E-state index in [1.165, 1.54) is 38.4 Å². The average Bonchev–Trinajstić information content (AvgIpc) is 2.62. The molecule has 0 bridgehead atoms. The molecule has 1 N–H and O–H groups in total. The van der Waals surface area contributed by atoms with Gasteiger partial charge in [-0.05, 0) is 30.3 Å². The lowest BCUT2D eigenvalue weighted by Crippen LogP contribution is -2.23. The first-order chi connectivity index (χ1) is 12.7. The second-order valence-corrected chi connectivity index (χ2v) is 8.40. The van der Waals surface area contributed by atoms with Gasteiger partial charge in [-0.15, -0.1) is 0 Å². The van der Waals surface area contributed by atoms with Crippen LogP contribution in [0.2, 0.25) is 5.02 Å². The summed E-state index contributed by atoms with van der Waals surface area (Å²) in [4.78, 5) is 24.4. The topological polar surface area (TPSA) is 96.7 Å². The van der Waals surface area contributed by atoms with Crippen LogP contribution in [0.1, 0.15) is 10.4 Å². The summed E-state index contributed by atoms with van der Waals surface area (Å²) in [5.41, 5.74) is -0.441. The SMILES string of the molecule is CN(C)S(=O)(=O)c1cc(NC(=O)c2cc3ccccc3oc2=O)ccc1Cl. The molecule has 0 unspecified atom stereocenters. The van der Waals surface area contributed by atoms with Crippen LogP contribution in [0.15, 0.2) is 62.6 Å². The summed E-state index contributed by atoms with van der Waals surface area (Å²) >= 11 is 5.99. The van der Waals surface area contributed by atoms with Gasteiger partial charge >= 0.3 is 5.63 Å². The molecule has 0 aliphatic heterocycles. The van der Waals surface area contributed by atoms with Crippen molar-refractivity contribution < 1.29 is 17.6 Å². The largest absolute Gasteiger partial charge is 0.422 e. The molecule has 0 radical (unpaired) electrons. The van der Waals surface area contributed by atoms with Gasteiger partial charge in [-0.1, -0.05) is 29.8 Å². The van der Waals surface area contributed by atoms with Crippen LogP contribution in [0.5, 0.6) is 0 Å².